The van der Waals surface area contributed by atoms with Crippen LogP contribution in [0.2, 0.25) is 0 Å². The number of halogens is 1. The highest BCUT2D eigenvalue weighted by molar-refractivity contribution is 5.92. The number of rotatable bonds is 7. The normalized spacial score (nSPS) is 14.9. The van der Waals surface area contributed by atoms with E-state index in [0.717, 1.165) is 36.3 Å². The topological polar surface area (TPSA) is 66.0 Å². The molecule has 200 valence electrons. The van der Waals surface area contributed by atoms with Crippen molar-refractivity contribution < 1.29 is 18.7 Å². The molecule has 1 aromatic heterocycles. The van der Waals surface area contributed by atoms with Crippen molar-refractivity contribution in [2.45, 2.75) is 39.3 Å². The van der Waals surface area contributed by atoms with Crippen molar-refractivity contribution in [1.82, 2.24) is 14.8 Å². The number of amides is 2. The van der Waals surface area contributed by atoms with Gasteiger partial charge in [-0.3, -0.25) is 19.5 Å². The fourth-order valence-electron chi connectivity index (χ4n) is 4.71. The van der Waals surface area contributed by atoms with Crippen LogP contribution < -0.4 is 9.64 Å². The molecule has 1 aliphatic heterocycles. The Bertz CT molecular complexity index is 1210. The first kappa shape index (κ1) is 27.3. The minimum atomic E-state index is -0.411. The average molecular weight is 519 g/mol. The molecule has 0 N–H and O–H groups in total. The maximum atomic E-state index is 13.8. The van der Waals surface area contributed by atoms with E-state index >= 15 is 0 Å². The molecular formula is C30H35FN4O3. The monoisotopic (exact) mass is 518 g/mol. The molecule has 2 heterocycles. The SMILES string of the molecule is CC(=O)N1CCCN(Cc2cccnc2)CCN(C(=O)CCCOc2ccccc2F)Cc2ccccc21. The Morgan fingerprint density at radius 3 is 2.58 bits per heavy atom. The zero-order valence-corrected chi connectivity index (χ0v) is 21.9. The molecule has 0 bridgehead atoms. The lowest BCUT2D eigenvalue weighted by Gasteiger charge is -2.28. The Kier molecular flexibility index (Phi) is 9.81. The van der Waals surface area contributed by atoms with Gasteiger partial charge in [-0.2, -0.15) is 0 Å². The van der Waals surface area contributed by atoms with Crippen LogP contribution in [0.3, 0.4) is 0 Å². The Morgan fingerprint density at radius 2 is 1.79 bits per heavy atom. The molecule has 0 aliphatic carbocycles. The highest BCUT2D eigenvalue weighted by atomic mass is 19.1. The number of fused-ring (bicyclic) bond motifs is 1. The van der Waals surface area contributed by atoms with Crippen LogP contribution in [-0.2, 0) is 22.7 Å². The van der Waals surface area contributed by atoms with Gasteiger partial charge in [-0.1, -0.05) is 36.4 Å². The fourth-order valence-corrected chi connectivity index (χ4v) is 4.71. The molecule has 0 spiro atoms. The lowest BCUT2D eigenvalue weighted by Crippen LogP contribution is -2.38. The van der Waals surface area contributed by atoms with E-state index in [1.165, 1.54) is 6.07 Å². The number of nitrogens with zero attached hydrogens (tertiary/aromatic N) is 4. The van der Waals surface area contributed by atoms with Gasteiger partial charge in [0.15, 0.2) is 11.6 Å². The second-order valence-electron chi connectivity index (χ2n) is 9.49. The summed E-state index contributed by atoms with van der Waals surface area (Å²) in [7, 11) is 0. The van der Waals surface area contributed by atoms with E-state index in [1.807, 2.05) is 52.4 Å². The predicted molar refractivity (Wildman–Crippen MR) is 145 cm³/mol. The average Bonchev–Trinajstić information content (AvgIpc) is 2.95. The van der Waals surface area contributed by atoms with Crippen molar-refractivity contribution >= 4 is 17.5 Å². The highest BCUT2D eigenvalue weighted by Gasteiger charge is 2.22. The van der Waals surface area contributed by atoms with Gasteiger partial charge in [0.1, 0.15) is 0 Å². The molecule has 8 heteroatoms. The number of carbonyl (C=O) groups excluding carboxylic acids is 2. The van der Waals surface area contributed by atoms with Gasteiger partial charge in [0.05, 0.1) is 6.61 Å². The van der Waals surface area contributed by atoms with Crippen LogP contribution in [0.25, 0.3) is 0 Å². The summed E-state index contributed by atoms with van der Waals surface area (Å²) >= 11 is 0. The van der Waals surface area contributed by atoms with E-state index in [9.17, 15) is 14.0 Å². The Balaban J connectivity index is 1.48. The van der Waals surface area contributed by atoms with Crippen molar-refractivity contribution in [3.63, 3.8) is 0 Å². The van der Waals surface area contributed by atoms with E-state index in [4.69, 9.17) is 4.74 Å². The number of hydrogen-bond acceptors (Lipinski definition) is 5. The second kappa shape index (κ2) is 13.7. The number of ether oxygens (including phenoxy) is 1. The van der Waals surface area contributed by atoms with Crippen LogP contribution in [0.1, 0.15) is 37.3 Å². The standard InChI is InChI=1S/C30H35FN4O3/c1-24(36)35-17-8-16-33(22-25-9-6-15-32-21-25)18-19-34(23-26-10-2-4-12-28(26)35)30(37)14-7-20-38-29-13-5-3-11-27(29)31/h2-6,9-13,15,21H,7-8,14,16-20,22-23H2,1H3. The van der Waals surface area contributed by atoms with Gasteiger partial charge in [0.2, 0.25) is 11.8 Å². The van der Waals surface area contributed by atoms with E-state index in [0.29, 0.717) is 32.6 Å². The van der Waals surface area contributed by atoms with Crippen LogP contribution in [0, 0.1) is 5.82 Å². The molecule has 0 fully saturated rings. The molecule has 7 nitrogen and oxygen atoms in total. The quantitative estimate of drug-likeness (QED) is 0.426. The third kappa shape index (κ3) is 7.61. The minimum Gasteiger partial charge on any atom is -0.491 e. The van der Waals surface area contributed by atoms with Crippen molar-refractivity contribution in [3.05, 3.63) is 90.0 Å². The summed E-state index contributed by atoms with van der Waals surface area (Å²) in [5, 5.41) is 0. The maximum absolute atomic E-state index is 13.8. The zero-order chi connectivity index (χ0) is 26.7. The van der Waals surface area contributed by atoms with Gasteiger partial charge in [-0.25, -0.2) is 4.39 Å². The first-order valence-electron chi connectivity index (χ1n) is 13.1. The van der Waals surface area contributed by atoms with Crippen LogP contribution >= 0.6 is 0 Å². The lowest BCUT2D eigenvalue weighted by atomic mass is 10.1. The first-order valence-corrected chi connectivity index (χ1v) is 13.1. The molecule has 0 atom stereocenters. The smallest absolute Gasteiger partial charge is 0.223 e. The first-order chi connectivity index (χ1) is 18.5. The Labute approximate surface area is 223 Å². The predicted octanol–water partition coefficient (Wildman–Crippen LogP) is 4.67. The molecule has 4 rings (SSSR count). The number of anilines is 1. The summed E-state index contributed by atoms with van der Waals surface area (Å²) in [6, 6.07) is 18.0. The van der Waals surface area contributed by atoms with E-state index in [1.54, 1.807) is 31.3 Å². The molecule has 2 aromatic carbocycles. The molecule has 3 aromatic rings. The second-order valence-corrected chi connectivity index (χ2v) is 9.49. The maximum Gasteiger partial charge on any atom is 0.223 e. The van der Waals surface area contributed by atoms with Crippen LogP contribution in [-0.4, -0.2) is 59.4 Å². The van der Waals surface area contributed by atoms with Crippen molar-refractivity contribution in [2.24, 2.45) is 0 Å². The van der Waals surface area contributed by atoms with E-state index in [2.05, 4.69) is 9.88 Å². The van der Waals surface area contributed by atoms with Gasteiger partial charge < -0.3 is 14.5 Å². The van der Waals surface area contributed by atoms with Gasteiger partial charge in [0.25, 0.3) is 0 Å². The zero-order valence-electron chi connectivity index (χ0n) is 21.9. The summed E-state index contributed by atoms with van der Waals surface area (Å²) in [5.41, 5.74) is 2.90. The molecule has 0 radical (unpaired) electrons. The molecule has 0 saturated carbocycles. The van der Waals surface area contributed by atoms with Gasteiger partial charge in [0, 0.05) is 70.7 Å². The van der Waals surface area contributed by atoms with Crippen molar-refractivity contribution in [3.8, 4) is 5.75 Å². The molecule has 0 unspecified atom stereocenters. The van der Waals surface area contributed by atoms with Gasteiger partial charge in [-0.05, 0) is 48.2 Å². The number of hydrogen-bond donors (Lipinski definition) is 0. The van der Waals surface area contributed by atoms with E-state index in [-0.39, 0.29) is 30.6 Å². The van der Waals surface area contributed by atoms with Crippen molar-refractivity contribution in [1.29, 1.82) is 0 Å². The third-order valence-electron chi connectivity index (χ3n) is 6.68. The van der Waals surface area contributed by atoms with Crippen LogP contribution in [0.4, 0.5) is 10.1 Å². The number of para-hydroxylation sites is 2. The lowest BCUT2D eigenvalue weighted by molar-refractivity contribution is -0.132. The molecule has 1 aliphatic rings. The molecular weight excluding hydrogens is 483 g/mol. The summed E-state index contributed by atoms with van der Waals surface area (Å²) in [4.78, 5) is 36.2. The number of carbonyl (C=O) groups is 2. The van der Waals surface area contributed by atoms with E-state index < -0.39 is 5.82 Å². The van der Waals surface area contributed by atoms with Crippen LogP contribution in [0.15, 0.2) is 73.1 Å². The summed E-state index contributed by atoms with van der Waals surface area (Å²) in [6.07, 6.45) is 5.20. The molecule has 2 amide bonds. The van der Waals surface area contributed by atoms with Crippen molar-refractivity contribution in [2.75, 3.05) is 37.7 Å². The Morgan fingerprint density at radius 1 is 0.974 bits per heavy atom. The number of benzene rings is 2. The molecule has 0 saturated heterocycles. The van der Waals surface area contributed by atoms with Gasteiger partial charge in [-0.15, -0.1) is 0 Å². The molecule has 38 heavy (non-hydrogen) atoms. The third-order valence-corrected chi connectivity index (χ3v) is 6.68. The summed E-state index contributed by atoms with van der Waals surface area (Å²) in [6.45, 7) is 5.63. The minimum absolute atomic E-state index is 0.00638. The number of pyridine rings is 1. The largest absolute Gasteiger partial charge is 0.491 e. The fraction of sp³-hybridized carbons (Fsp3) is 0.367. The summed E-state index contributed by atoms with van der Waals surface area (Å²) < 4.78 is 19.4. The van der Waals surface area contributed by atoms with Gasteiger partial charge >= 0.3 is 0 Å². The highest BCUT2D eigenvalue weighted by Crippen LogP contribution is 2.24. The number of aromatic nitrogens is 1. The Hall–Kier alpha value is -3.78. The van der Waals surface area contributed by atoms with Crippen LogP contribution in [0.5, 0.6) is 5.75 Å². The summed E-state index contributed by atoms with van der Waals surface area (Å²) in [5.74, 6) is -0.226.